The number of benzene rings is 3. The quantitative estimate of drug-likeness (QED) is 0.340. The third kappa shape index (κ3) is 4.55. The van der Waals surface area contributed by atoms with Gasteiger partial charge in [0.2, 0.25) is 10.0 Å². The second-order valence-corrected chi connectivity index (χ2v) is 12.3. The van der Waals surface area contributed by atoms with Gasteiger partial charge < -0.3 is 5.11 Å². The molecule has 38 heavy (non-hydrogen) atoms. The third-order valence-electron chi connectivity index (χ3n) is 6.22. The van der Waals surface area contributed by atoms with Gasteiger partial charge in [0.15, 0.2) is 5.82 Å². The first kappa shape index (κ1) is 25.6. The number of non-ortho nitro benzene ring substituents is 1. The van der Waals surface area contributed by atoms with Crippen molar-refractivity contribution in [3.63, 3.8) is 0 Å². The van der Waals surface area contributed by atoms with Gasteiger partial charge in [-0.15, -0.1) is 0 Å². The van der Waals surface area contributed by atoms with Gasteiger partial charge in [-0.25, -0.2) is 21.8 Å². The lowest BCUT2D eigenvalue weighted by atomic mass is 10.0. The van der Waals surface area contributed by atoms with Crippen molar-refractivity contribution < 1.29 is 36.1 Å². The molecule has 2 aliphatic rings. The number of aromatic hydroxyl groups is 1. The first-order valence-corrected chi connectivity index (χ1v) is 14.1. The number of phenolic OH excluding ortho intramolecular Hbond substituents is 1. The summed E-state index contributed by atoms with van der Waals surface area (Å²) in [4.78, 5) is 22.0. The minimum absolute atomic E-state index is 0.0335. The fraction of sp³-hybridized carbons (Fsp3) is 0.174. The topological polar surface area (TPSA) is 167 Å². The van der Waals surface area contributed by atoms with Gasteiger partial charge in [-0.05, 0) is 34.2 Å². The van der Waals surface area contributed by atoms with E-state index in [0.717, 1.165) is 0 Å². The standard InChI is InChI=1S/C23H19FN4O8S2/c24-22-19-9-15(4-5-16(19)10-20(29)23(22)27-12-21(30)25-38(27,35)36)17-6-7-26(11-17)37(33,34)13-14-2-1-3-18(8-14)28(31)32/h1-6,8-10,29H,7,11-13H2,(H,25,30). The normalized spacial score (nSPS) is 17.6. The number of halogens is 1. The summed E-state index contributed by atoms with van der Waals surface area (Å²) in [6.07, 6.45) is 1.65. The van der Waals surface area contributed by atoms with Gasteiger partial charge >= 0.3 is 10.2 Å². The molecule has 3 aromatic rings. The van der Waals surface area contributed by atoms with Gasteiger partial charge in [-0.3, -0.25) is 14.9 Å². The maximum absolute atomic E-state index is 15.5. The van der Waals surface area contributed by atoms with Crippen LogP contribution in [0.1, 0.15) is 11.1 Å². The average Bonchev–Trinajstić information content (AvgIpc) is 3.43. The number of anilines is 1. The molecule has 1 amide bonds. The van der Waals surface area contributed by atoms with Gasteiger partial charge in [-0.1, -0.05) is 30.3 Å². The number of nitrogens with zero attached hydrogens (tertiary/aromatic N) is 3. The largest absolute Gasteiger partial charge is 0.506 e. The maximum atomic E-state index is 15.5. The van der Waals surface area contributed by atoms with Crippen molar-refractivity contribution in [2.45, 2.75) is 5.75 Å². The summed E-state index contributed by atoms with van der Waals surface area (Å²) in [5.74, 6) is -3.04. The Kier molecular flexibility index (Phi) is 6.08. The highest BCUT2D eigenvalue weighted by Crippen LogP contribution is 2.39. The van der Waals surface area contributed by atoms with Crippen LogP contribution in [0.25, 0.3) is 16.3 Å². The summed E-state index contributed by atoms with van der Waals surface area (Å²) in [7, 11) is -8.22. The molecule has 1 fully saturated rings. The van der Waals surface area contributed by atoms with Crippen molar-refractivity contribution in [2.75, 3.05) is 23.9 Å². The molecule has 0 bridgehead atoms. The highest BCUT2D eigenvalue weighted by atomic mass is 32.2. The van der Waals surface area contributed by atoms with E-state index >= 15 is 4.39 Å². The monoisotopic (exact) mass is 562 g/mol. The number of phenols is 1. The van der Waals surface area contributed by atoms with Crippen molar-refractivity contribution in [1.82, 2.24) is 9.03 Å². The molecular formula is C23H19FN4O8S2. The van der Waals surface area contributed by atoms with Crippen LogP contribution in [0.15, 0.2) is 54.6 Å². The number of nitro groups is 1. The van der Waals surface area contributed by atoms with Gasteiger partial charge in [-0.2, -0.15) is 12.7 Å². The second kappa shape index (κ2) is 9.04. The van der Waals surface area contributed by atoms with E-state index in [1.165, 1.54) is 46.8 Å². The van der Waals surface area contributed by atoms with Crippen LogP contribution in [-0.2, 0) is 30.8 Å². The van der Waals surface area contributed by atoms with E-state index in [1.807, 2.05) is 0 Å². The lowest BCUT2D eigenvalue weighted by molar-refractivity contribution is -0.384. The molecule has 198 valence electrons. The van der Waals surface area contributed by atoms with Crippen molar-refractivity contribution >= 4 is 53.9 Å². The minimum atomic E-state index is -4.37. The zero-order valence-corrected chi connectivity index (χ0v) is 21.0. The molecule has 3 aromatic carbocycles. The number of hydrogen-bond acceptors (Lipinski definition) is 8. The van der Waals surface area contributed by atoms with E-state index in [-0.39, 0.29) is 35.1 Å². The number of sulfonamides is 1. The number of carbonyl (C=O) groups excluding carboxylic acids is 1. The van der Waals surface area contributed by atoms with Crippen LogP contribution in [-0.4, -0.2) is 56.7 Å². The maximum Gasteiger partial charge on any atom is 0.326 e. The Balaban J connectivity index is 1.42. The Morgan fingerprint density at radius 1 is 1.13 bits per heavy atom. The highest BCUT2D eigenvalue weighted by Gasteiger charge is 2.38. The molecule has 2 aliphatic heterocycles. The van der Waals surface area contributed by atoms with Gasteiger partial charge in [0.05, 0.1) is 10.7 Å². The molecule has 2 heterocycles. The van der Waals surface area contributed by atoms with Crippen LogP contribution >= 0.6 is 0 Å². The van der Waals surface area contributed by atoms with E-state index in [1.54, 1.807) is 16.9 Å². The summed E-state index contributed by atoms with van der Waals surface area (Å²) in [6.45, 7) is -0.692. The fourth-order valence-corrected chi connectivity index (χ4v) is 7.01. The fourth-order valence-electron chi connectivity index (χ4n) is 4.42. The SMILES string of the molecule is O=C1CN(c2c(O)cc3ccc(C4=CCN(S(=O)(=O)Cc5cccc([N+](=O)[O-])c5)C4)cc3c2F)S(=O)(=O)N1. The Bertz CT molecular complexity index is 1770. The Morgan fingerprint density at radius 3 is 2.58 bits per heavy atom. The summed E-state index contributed by atoms with van der Waals surface area (Å²) < 4.78 is 69.3. The van der Waals surface area contributed by atoms with E-state index < -0.39 is 60.6 Å². The molecule has 0 aromatic heterocycles. The van der Waals surface area contributed by atoms with Crippen LogP contribution in [0, 0.1) is 15.9 Å². The number of fused-ring (bicyclic) bond motifs is 1. The van der Waals surface area contributed by atoms with Gasteiger partial charge in [0.25, 0.3) is 11.6 Å². The molecule has 0 radical (unpaired) electrons. The molecule has 0 atom stereocenters. The number of amides is 1. The number of rotatable bonds is 6. The van der Waals surface area contributed by atoms with Crippen LogP contribution in [0.4, 0.5) is 15.8 Å². The predicted octanol–water partition coefficient (Wildman–Crippen LogP) is 2.00. The number of nitro benzene ring substituents is 1. The molecule has 0 aliphatic carbocycles. The summed E-state index contributed by atoms with van der Waals surface area (Å²) in [6, 6.07) is 11.1. The van der Waals surface area contributed by atoms with Crippen molar-refractivity contribution in [3.8, 4) is 5.75 Å². The molecule has 0 saturated carbocycles. The van der Waals surface area contributed by atoms with E-state index in [0.29, 0.717) is 15.4 Å². The van der Waals surface area contributed by atoms with Crippen LogP contribution < -0.4 is 9.03 Å². The Morgan fingerprint density at radius 2 is 1.89 bits per heavy atom. The lowest BCUT2D eigenvalue weighted by Crippen LogP contribution is -2.30. The summed E-state index contributed by atoms with van der Waals surface area (Å²) >= 11 is 0. The molecule has 0 unspecified atom stereocenters. The summed E-state index contributed by atoms with van der Waals surface area (Å²) in [5, 5.41) is 21.6. The van der Waals surface area contributed by atoms with Gasteiger partial charge in [0.1, 0.15) is 18.0 Å². The Labute approximate surface area is 216 Å². The first-order chi connectivity index (χ1) is 17.9. The van der Waals surface area contributed by atoms with Crippen LogP contribution in [0.2, 0.25) is 0 Å². The first-order valence-electron chi connectivity index (χ1n) is 11.0. The molecule has 12 nitrogen and oxygen atoms in total. The van der Waals surface area contributed by atoms with Crippen molar-refractivity contribution in [3.05, 3.63) is 81.7 Å². The molecule has 15 heteroatoms. The molecule has 1 saturated heterocycles. The van der Waals surface area contributed by atoms with Gasteiger partial charge in [0, 0.05) is 30.6 Å². The number of carbonyl (C=O) groups is 1. The molecule has 2 N–H and O–H groups in total. The second-order valence-electron chi connectivity index (χ2n) is 8.74. The smallest absolute Gasteiger partial charge is 0.326 e. The highest BCUT2D eigenvalue weighted by molar-refractivity contribution is 7.92. The van der Waals surface area contributed by atoms with Crippen molar-refractivity contribution in [2.24, 2.45) is 0 Å². The Hall–Kier alpha value is -4.08. The zero-order valence-electron chi connectivity index (χ0n) is 19.4. The summed E-state index contributed by atoms with van der Waals surface area (Å²) in [5.41, 5.74) is 0.407. The van der Waals surface area contributed by atoms with E-state index in [9.17, 15) is 36.9 Å². The molecule has 0 spiro atoms. The molecular weight excluding hydrogens is 543 g/mol. The van der Waals surface area contributed by atoms with E-state index in [4.69, 9.17) is 0 Å². The lowest BCUT2D eigenvalue weighted by Gasteiger charge is -2.19. The third-order valence-corrected chi connectivity index (χ3v) is 9.37. The minimum Gasteiger partial charge on any atom is -0.506 e. The van der Waals surface area contributed by atoms with Crippen LogP contribution in [0.3, 0.4) is 0 Å². The zero-order chi connectivity index (χ0) is 27.4. The molecule has 5 rings (SSSR count). The number of hydrogen-bond donors (Lipinski definition) is 2. The van der Waals surface area contributed by atoms with Crippen LogP contribution in [0.5, 0.6) is 5.75 Å². The predicted molar refractivity (Wildman–Crippen MR) is 135 cm³/mol. The van der Waals surface area contributed by atoms with E-state index in [2.05, 4.69) is 0 Å². The average molecular weight is 563 g/mol. The number of nitrogens with one attached hydrogen (secondary N) is 1. The van der Waals surface area contributed by atoms with Crippen molar-refractivity contribution in [1.29, 1.82) is 0 Å².